The number of hydrogen-bond donors (Lipinski definition) is 1. The topological polar surface area (TPSA) is 38.5 Å². The van der Waals surface area contributed by atoms with Gasteiger partial charge in [-0.3, -0.25) is 4.90 Å². The molecule has 1 aliphatic heterocycles. The molecule has 4 heteroatoms. The van der Waals surface area contributed by atoms with Crippen LogP contribution < -0.4 is 5.73 Å². The number of halogens is 1. The molecule has 0 amide bonds. The first-order valence-corrected chi connectivity index (χ1v) is 8.70. The number of benzene rings is 1. The monoisotopic (exact) mass is 354 g/mol. The quantitative estimate of drug-likeness (QED) is 0.848. The van der Waals surface area contributed by atoms with Gasteiger partial charge in [0.1, 0.15) is 0 Å². The predicted octanol–water partition coefficient (Wildman–Crippen LogP) is 3.59. The summed E-state index contributed by atoms with van der Waals surface area (Å²) in [6.07, 6.45) is 3.30. The van der Waals surface area contributed by atoms with Crippen LogP contribution in [0.4, 0.5) is 0 Å². The Morgan fingerprint density at radius 2 is 2.00 bits per heavy atom. The van der Waals surface area contributed by atoms with Gasteiger partial charge in [0.05, 0.1) is 6.04 Å². The Balaban J connectivity index is 2.13. The third-order valence-electron chi connectivity index (χ3n) is 4.46. The molecule has 0 saturated carbocycles. The number of hydrogen-bond acceptors (Lipinski definition) is 3. The molecule has 2 unspecified atom stereocenters. The Morgan fingerprint density at radius 3 is 2.62 bits per heavy atom. The molecule has 1 heterocycles. The highest BCUT2D eigenvalue weighted by Gasteiger charge is 2.27. The van der Waals surface area contributed by atoms with E-state index in [0.29, 0.717) is 0 Å². The lowest BCUT2D eigenvalue weighted by molar-refractivity contribution is 0.0480. The number of ether oxygens (including phenoxy) is 1. The molecule has 2 atom stereocenters. The summed E-state index contributed by atoms with van der Waals surface area (Å²) in [7, 11) is 2.20. The Kier molecular flexibility index (Phi) is 6.68. The highest BCUT2D eigenvalue weighted by molar-refractivity contribution is 9.10. The van der Waals surface area contributed by atoms with E-state index in [0.717, 1.165) is 49.4 Å². The maximum absolute atomic E-state index is 6.44. The Bertz CT molecular complexity index is 435. The van der Waals surface area contributed by atoms with Gasteiger partial charge in [0.15, 0.2) is 0 Å². The molecule has 0 bridgehead atoms. The Hall–Kier alpha value is -0.420. The normalized spacial score (nSPS) is 19.7. The fourth-order valence-electron chi connectivity index (χ4n) is 3.18. The molecule has 3 nitrogen and oxygen atoms in total. The van der Waals surface area contributed by atoms with Crippen LogP contribution in [0.2, 0.25) is 0 Å². The molecule has 1 aromatic rings. The van der Waals surface area contributed by atoms with Gasteiger partial charge in [-0.05, 0) is 43.9 Å². The summed E-state index contributed by atoms with van der Waals surface area (Å²) in [4.78, 5) is 2.43. The lowest BCUT2D eigenvalue weighted by Crippen LogP contribution is -2.41. The van der Waals surface area contributed by atoms with Crippen LogP contribution in [-0.2, 0) is 4.74 Å². The largest absolute Gasteiger partial charge is 0.381 e. The maximum atomic E-state index is 6.44. The molecule has 1 saturated heterocycles. The van der Waals surface area contributed by atoms with E-state index < -0.39 is 0 Å². The van der Waals surface area contributed by atoms with Gasteiger partial charge in [0.25, 0.3) is 0 Å². The van der Waals surface area contributed by atoms with E-state index in [1.54, 1.807) is 0 Å². The van der Waals surface area contributed by atoms with Crippen molar-refractivity contribution in [3.8, 4) is 0 Å². The van der Waals surface area contributed by atoms with E-state index in [-0.39, 0.29) is 12.1 Å². The average molecular weight is 355 g/mol. The molecule has 118 valence electrons. The molecular weight excluding hydrogens is 328 g/mol. The Morgan fingerprint density at radius 1 is 1.33 bits per heavy atom. The summed E-state index contributed by atoms with van der Waals surface area (Å²) >= 11 is 3.69. The number of nitrogens with zero attached hydrogens (tertiary/aromatic N) is 1. The predicted molar refractivity (Wildman–Crippen MR) is 91.3 cm³/mol. The van der Waals surface area contributed by atoms with Gasteiger partial charge in [0.2, 0.25) is 0 Å². The maximum Gasteiger partial charge on any atom is 0.0507 e. The van der Waals surface area contributed by atoms with Gasteiger partial charge in [-0.25, -0.2) is 0 Å². The molecular formula is C17H27BrN2O. The van der Waals surface area contributed by atoms with Crippen LogP contribution >= 0.6 is 15.9 Å². The van der Waals surface area contributed by atoms with Crippen LogP contribution in [0.3, 0.4) is 0 Å². The minimum atomic E-state index is 0.147. The number of likely N-dealkylation sites (N-methyl/N-ethyl adjacent to an activating group) is 1. The van der Waals surface area contributed by atoms with Crippen molar-refractivity contribution in [2.45, 2.75) is 38.3 Å². The van der Waals surface area contributed by atoms with Gasteiger partial charge in [-0.15, -0.1) is 0 Å². The fourth-order valence-corrected chi connectivity index (χ4v) is 3.70. The summed E-state index contributed by atoms with van der Waals surface area (Å²) in [5.41, 5.74) is 7.73. The van der Waals surface area contributed by atoms with E-state index in [9.17, 15) is 0 Å². The van der Waals surface area contributed by atoms with Crippen molar-refractivity contribution in [2.75, 3.05) is 26.8 Å². The van der Waals surface area contributed by atoms with Crippen molar-refractivity contribution in [1.82, 2.24) is 4.90 Å². The fraction of sp³-hybridized carbons (Fsp3) is 0.647. The van der Waals surface area contributed by atoms with Gasteiger partial charge in [0, 0.05) is 30.3 Å². The standard InChI is InChI=1S/C17H27BrN2O/c1-3-16(19)17(14-6-4-5-7-15(14)18)20(2)12-13-8-10-21-11-9-13/h4-7,13,16-17H,3,8-12,19H2,1-2H3. The zero-order valence-electron chi connectivity index (χ0n) is 13.1. The Labute approximate surface area is 137 Å². The van der Waals surface area contributed by atoms with Gasteiger partial charge in [-0.1, -0.05) is 41.1 Å². The summed E-state index contributed by atoms with van der Waals surface area (Å²) in [5.74, 6) is 0.720. The first-order valence-electron chi connectivity index (χ1n) is 7.91. The van der Waals surface area contributed by atoms with Crippen molar-refractivity contribution in [2.24, 2.45) is 11.7 Å². The SMILES string of the molecule is CCC(N)C(c1ccccc1Br)N(C)CC1CCOCC1. The molecule has 0 spiro atoms. The second-order valence-corrected chi connectivity index (χ2v) is 6.89. The molecule has 2 N–H and O–H groups in total. The third-order valence-corrected chi connectivity index (χ3v) is 5.18. The van der Waals surface area contributed by atoms with Crippen LogP contribution in [0.25, 0.3) is 0 Å². The lowest BCUT2D eigenvalue weighted by atomic mass is 9.93. The summed E-state index contributed by atoms with van der Waals surface area (Å²) < 4.78 is 6.61. The van der Waals surface area contributed by atoms with Crippen molar-refractivity contribution < 1.29 is 4.74 Å². The van der Waals surface area contributed by atoms with Crippen LogP contribution in [0, 0.1) is 5.92 Å². The molecule has 0 radical (unpaired) electrons. The van der Waals surface area contributed by atoms with E-state index in [1.807, 2.05) is 0 Å². The van der Waals surface area contributed by atoms with Crippen LogP contribution in [0.1, 0.15) is 37.8 Å². The van der Waals surface area contributed by atoms with Gasteiger partial charge >= 0.3 is 0 Å². The average Bonchev–Trinajstić information content (AvgIpc) is 2.50. The van der Waals surface area contributed by atoms with Crippen molar-refractivity contribution >= 4 is 15.9 Å². The van der Waals surface area contributed by atoms with Crippen molar-refractivity contribution in [3.05, 3.63) is 34.3 Å². The van der Waals surface area contributed by atoms with Crippen LogP contribution in [0.5, 0.6) is 0 Å². The van der Waals surface area contributed by atoms with Crippen LogP contribution in [-0.4, -0.2) is 37.7 Å². The molecule has 2 rings (SSSR count). The zero-order chi connectivity index (χ0) is 15.2. The smallest absolute Gasteiger partial charge is 0.0507 e. The molecule has 1 aliphatic rings. The summed E-state index contributed by atoms with van der Waals surface area (Å²) in [6.45, 7) is 5.05. The molecule has 21 heavy (non-hydrogen) atoms. The first-order chi connectivity index (χ1) is 10.1. The third kappa shape index (κ3) is 4.52. The van der Waals surface area contributed by atoms with E-state index in [4.69, 9.17) is 10.5 Å². The highest BCUT2D eigenvalue weighted by atomic mass is 79.9. The first kappa shape index (κ1) is 16.9. The van der Waals surface area contributed by atoms with E-state index in [2.05, 4.69) is 59.1 Å². The number of rotatable bonds is 6. The van der Waals surface area contributed by atoms with Gasteiger partial charge in [-0.2, -0.15) is 0 Å². The summed E-state index contributed by atoms with van der Waals surface area (Å²) in [5, 5.41) is 0. The minimum Gasteiger partial charge on any atom is -0.381 e. The van der Waals surface area contributed by atoms with Gasteiger partial charge < -0.3 is 10.5 Å². The van der Waals surface area contributed by atoms with Crippen LogP contribution in [0.15, 0.2) is 28.7 Å². The zero-order valence-corrected chi connectivity index (χ0v) is 14.7. The lowest BCUT2D eigenvalue weighted by Gasteiger charge is -2.36. The molecule has 0 aromatic heterocycles. The van der Waals surface area contributed by atoms with Crippen molar-refractivity contribution in [1.29, 1.82) is 0 Å². The van der Waals surface area contributed by atoms with Crippen molar-refractivity contribution in [3.63, 3.8) is 0 Å². The second-order valence-electron chi connectivity index (χ2n) is 6.03. The molecule has 1 aromatic carbocycles. The second kappa shape index (κ2) is 8.28. The number of nitrogens with two attached hydrogens (primary N) is 1. The molecule has 1 fully saturated rings. The summed E-state index contributed by atoms with van der Waals surface area (Å²) in [6, 6.07) is 8.85. The molecule has 0 aliphatic carbocycles. The van der Waals surface area contributed by atoms with E-state index in [1.165, 1.54) is 5.56 Å². The highest BCUT2D eigenvalue weighted by Crippen LogP contribution is 2.31. The minimum absolute atomic E-state index is 0.147. The van der Waals surface area contributed by atoms with E-state index >= 15 is 0 Å².